The lowest BCUT2D eigenvalue weighted by molar-refractivity contribution is -0.133. The number of nitrogens with one attached hydrogen (secondary N) is 3. The summed E-state index contributed by atoms with van der Waals surface area (Å²) in [5.74, 6) is 0.151. The number of nitrogens with zero attached hydrogens (tertiary/aromatic N) is 1. The van der Waals surface area contributed by atoms with Crippen LogP contribution in [0.2, 0.25) is 5.02 Å². The fraction of sp³-hybridized carbons (Fsp3) is 0.400. The van der Waals surface area contributed by atoms with Crippen LogP contribution < -0.4 is 20.7 Å². The number of amides is 4. The topological polar surface area (TPSA) is 109 Å². The Hall–Kier alpha value is -3.30. The number of anilines is 2. The maximum absolute atomic E-state index is 13.3. The van der Waals surface area contributed by atoms with Gasteiger partial charge in [0, 0.05) is 30.0 Å². The summed E-state index contributed by atoms with van der Waals surface area (Å²) >= 11 is 5.88. The SMILES string of the molecule is CCNC(=O)C[C@@H]1CC[C@@H]2[C@H](COc3ccc(NC(=O)Nc4ccc(Cl)cc4)cc3C(=O)N2C)O1. The van der Waals surface area contributed by atoms with Crippen molar-refractivity contribution in [2.24, 2.45) is 0 Å². The second-order valence-electron chi connectivity index (χ2n) is 8.62. The Balaban J connectivity index is 1.44. The Labute approximate surface area is 209 Å². The highest BCUT2D eigenvalue weighted by atomic mass is 35.5. The van der Waals surface area contributed by atoms with E-state index in [4.69, 9.17) is 21.1 Å². The van der Waals surface area contributed by atoms with Crippen molar-refractivity contribution in [3.8, 4) is 5.75 Å². The second-order valence-corrected chi connectivity index (χ2v) is 9.06. The van der Waals surface area contributed by atoms with Gasteiger partial charge in [0.05, 0.1) is 24.1 Å². The molecule has 2 heterocycles. The summed E-state index contributed by atoms with van der Waals surface area (Å²) in [6.07, 6.45) is 1.12. The number of ether oxygens (including phenoxy) is 2. The molecular formula is C25H29ClN4O5. The first-order chi connectivity index (χ1) is 16.8. The molecule has 186 valence electrons. The lowest BCUT2D eigenvalue weighted by Gasteiger charge is -2.42. The molecule has 35 heavy (non-hydrogen) atoms. The molecule has 2 aliphatic rings. The summed E-state index contributed by atoms with van der Waals surface area (Å²) < 4.78 is 12.1. The highest BCUT2D eigenvalue weighted by Gasteiger charge is 2.39. The van der Waals surface area contributed by atoms with Gasteiger partial charge in [-0.05, 0) is 62.2 Å². The maximum Gasteiger partial charge on any atom is 0.323 e. The van der Waals surface area contributed by atoms with Gasteiger partial charge < -0.3 is 30.3 Å². The van der Waals surface area contributed by atoms with Crippen molar-refractivity contribution in [2.45, 2.75) is 44.4 Å². The van der Waals surface area contributed by atoms with Gasteiger partial charge in [-0.2, -0.15) is 0 Å². The summed E-state index contributed by atoms with van der Waals surface area (Å²) in [4.78, 5) is 39.4. The van der Waals surface area contributed by atoms with Crippen LogP contribution in [-0.2, 0) is 9.53 Å². The number of urea groups is 1. The van der Waals surface area contributed by atoms with Gasteiger partial charge in [0.25, 0.3) is 5.91 Å². The summed E-state index contributed by atoms with van der Waals surface area (Å²) in [5, 5.41) is 8.84. The van der Waals surface area contributed by atoms with E-state index < -0.39 is 6.03 Å². The largest absolute Gasteiger partial charge is 0.490 e. The molecule has 0 unspecified atom stereocenters. The summed E-state index contributed by atoms with van der Waals surface area (Å²) in [7, 11) is 1.75. The average Bonchev–Trinajstić information content (AvgIpc) is 2.83. The summed E-state index contributed by atoms with van der Waals surface area (Å²) in [6, 6.07) is 11.1. The highest BCUT2D eigenvalue weighted by Crippen LogP contribution is 2.32. The molecule has 3 atom stereocenters. The number of carbonyl (C=O) groups is 3. The quantitative estimate of drug-likeness (QED) is 0.577. The molecule has 0 spiro atoms. The predicted molar refractivity (Wildman–Crippen MR) is 133 cm³/mol. The molecule has 2 aliphatic heterocycles. The molecule has 4 amide bonds. The second kappa shape index (κ2) is 11.0. The molecule has 1 saturated heterocycles. The zero-order valence-electron chi connectivity index (χ0n) is 19.7. The van der Waals surface area contributed by atoms with Crippen LogP contribution in [0.4, 0.5) is 16.2 Å². The van der Waals surface area contributed by atoms with Gasteiger partial charge in [-0.3, -0.25) is 9.59 Å². The minimum atomic E-state index is -0.446. The lowest BCUT2D eigenvalue weighted by Crippen LogP contribution is -2.54. The number of rotatable bonds is 5. The first kappa shape index (κ1) is 24.8. The zero-order valence-corrected chi connectivity index (χ0v) is 20.4. The van der Waals surface area contributed by atoms with Crippen LogP contribution in [0, 0.1) is 0 Å². The van der Waals surface area contributed by atoms with Crippen molar-refractivity contribution >= 4 is 40.8 Å². The van der Waals surface area contributed by atoms with E-state index in [0.29, 0.717) is 53.5 Å². The molecule has 0 saturated carbocycles. The zero-order chi connectivity index (χ0) is 24.9. The van der Waals surface area contributed by atoms with Crippen molar-refractivity contribution in [1.29, 1.82) is 0 Å². The predicted octanol–water partition coefficient (Wildman–Crippen LogP) is 3.89. The highest BCUT2D eigenvalue weighted by molar-refractivity contribution is 6.30. The monoisotopic (exact) mass is 500 g/mol. The molecule has 2 aromatic carbocycles. The number of halogens is 1. The normalized spacial score (nSPS) is 21.5. The van der Waals surface area contributed by atoms with Crippen molar-refractivity contribution < 1.29 is 23.9 Å². The number of benzene rings is 2. The number of hydrogen-bond acceptors (Lipinski definition) is 5. The van der Waals surface area contributed by atoms with Gasteiger partial charge in [0.15, 0.2) is 0 Å². The van der Waals surface area contributed by atoms with E-state index in [2.05, 4.69) is 16.0 Å². The third-order valence-corrected chi connectivity index (χ3v) is 6.41. The standard InChI is InChI=1S/C25H29ClN4O5/c1-3-27-23(31)13-18-9-10-20-22(35-18)14-34-21-11-8-17(12-19(21)24(32)30(20)2)29-25(33)28-16-6-4-15(26)5-7-16/h4-8,11-12,18,20,22H,3,9-10,13-14H2,1-2H3,(H,27,31)(H2,28,29,33)/t18-,20+,22-/m0/s1. The van der Waals surface area contributed by atoms with Gasteiger partial charge >= 0.3 is 6.03 Å². The third kappa shape index (κ3) is 6.04. The molecule has 0 radical (unpaired) electrons. The minimum absolute atomic E-state index is 0.0439. The van der Waals surface area contributed by atoms with Crippen LogP contribution in [0.1, 0.15) is 36.5 Å². The van der Waals surface area contributed by atoms with Gasteiger partial charge in [0.2, 0.25) is 5.91 Å². The van der Waals surface area contributed by atoms with Crippen LogP contribution in [0.3, 0.4) is 0 Å². The fourth-order valence-corrected chi connectivity index (χ4v) is 4.53. The van der Waals surface area contributed by atoms with E-state index in [1.165, 1.54) is 0 Å². The Morgan fingerprint density at radius 3 is 2.54 bits per heavy atom. The van der Waals surface area contributed by atoms with Gasteiger partial charge in [-0.25, -0.2) is 4.79 Å². The molecule has 10 heteroatoms. The van der Waals surface area contributed by atoms with Crippen LogP contribution >= 0.6 is 11.6 Å². The molecule has 1 fully saturated rings. The van der Waals surface area contributed by atoms with Gasteiger partial charge in [-0.1, -0.05) is 11.6 Å². The molecule has 4 rings (SSSR count). The molecule has 0 aliphatic carbocycles. The molecular weight excluding hydrogens is 472 g/mol. The molecule has 3 N–H and O–H groups in total. The molecule has 9 nitrogen and oxygen atoms in total. The van der Waals surface area contributed by atoms with Crippen molar-refractivity contribution in [3.63, 3.8) is 0 Å². The Kier molecular flexibility index (Phi) is 7.77. The molecule has 0 aromatic heterocycles. The van der Waals surface area contributed by atoms with E-state index in [1.54, 1.807) is 54.4 Å². The van der Waals surface area contributed by atoms with Crippen molar-refractivity contribution in [2.75, 3.05) is 30.8 Å². The summed E-state index contributed by atoms with van der Waals surface area (Å²) in [6.45, 7) is 2.71. The first-order valence-corrected chi connectivity index (χ1v) is 12.0. The summed E-state index contributed by atoms with van der Waals surface area (Å²) in [5.41, 5.74) is 1.41. The van der Waals surface area contributed by atoms with Crippen molar-refractivity contribution in [1.82, 2.24) is 10.2 Å². The average molecular weight is 501 g/mol. The number of carbonyl (C=O) groups excluding carboxylic acids is 3. The molecule has 0 bridgehead atoms. The van der Waals surface area contributed by atoms with E-state index in [9.17, 15) is 14.4 Å². The maximum atomic E-state index is 13.3. The van der Waals surface area contributed by atoms with E-state index in [0.717, 1.165) is 0 Å². The Morgan fingerprint density at radius 2 is 1.80 bits per heavy atom. The fourth-order valence-electron chi connectivity index (χ4n) is 4.41. The first-order valence-electron chi connectivity index (χ1n) is 11.6. The smallest absolute Gasteiger partial charge is 0.323 e. The third-order valence-electron chi connectivity index (χ3n) is 6.16. The van der Waals surface area contributed by atoms with Crippen LogP contribution in [0.25, 0.3) is 0 Å². The van der Waals surface area contributed by atoms with Gasteiger partial charge in [-0.15, -0.1) is 0 Å². The van der Waals surface area contributed by atoms with Crippen LogP contribution in [0.5, 0.6) is 5.75 Å². The number of hydrogen-bond donors (Lipinski definition) is 3. The van der Waals surface area contributed by atoms with Crippen LogP contribution in [-0.4, -0.2) is 61.2 Å². The number of likely N-dealkylation sites (N-methyl/N-ethyl adjacent to an activating group) is 1. The molecule has 2 aromatic rings. The lowest BCUT2D eigenvalue weighted by atomic mass is 9.94. The Bertz CT molecular complexity index is 1090. The van der Waals surface area contributed by atoms with Crippen molar-refractivity contribution in [3.05, 3.63) is 53.1 Å². The van der Waals surface area contributed by atoms with E-state index in [-0.39, 0.29) is 36.7 Å². The van der Waals surface area contributed by atoms with E-state index >= 15 is 0 Å². The Morgan fingerprint density at radius 1 is 1.09 bits per heavy atom. The number of fused-ring (bicyclic) bond motifs is 2. The van der Waals surface area contributed by atoms with Crippen LogP contribution in [0.15, 0.2) is 42.5 Å². The van der Waals surface area contributed by atoms with E-state index in [1.807, 2.05) is 6.92 Å². The minimum Gasteiger partial charge on any atom is -0.490 e. The van der Waals surface area contributed by atoms with Gasteiger partial charge in [0.1, 0.15) is 18.5 Å².